The van der Waals surface area contributed by atoms with Crippen molar-refractivity contribution < 1.29 is 8.85 Å². The zero-order chi connectivity index (χ0) is 11.2. The first-order valence-corrected chi connectivity index (χ1v) is 11.0. The molecule has 2 nitrogen and oxygen atoms in total. The van der Waals surface area contributed by atoms with Crippen molar-refractivity contribution in [2.45, 2.75) is 26.9 Å². The third-order valence-corrected chi connectivity index (χ3v) is 16.0. The largest absolute Gasteiger partial charge is 0.413 e. The second-order valence-corrected chi connectivity index (χ2v) is 15.3. The Balaban J connectivity index is 4.92. The molecule has 0 aromatic carbocycles. The van der Waals surface area contributed by atoms with E-state index < -0.39 is 15.7 Å². The van der Waals surface area contributed by atoms with Gasteiger partial charge in [-0.1, -0.05) is 11.4 Å². The molecule has 0 radical (unpaired) electrons. The maximum Gasteiger partial charge on any atom is 0.235 e. The Kier molecular flexibility index (Phi) is 5.58. The van der Waals surface area contributed by atoms with Crippen LogP contribution in [0.25, 0.3) is 0 Å². The Bertz CT molecular complexity index is 186. The standard InChI is InChI=1S/C10H22O2Si2/c1-7-11-13(5,9-3)14(6,10-4)12-8-2/h9-10H,3-4,7-8H2,1-2,5-6H3. The predicted molar refractivity (Wildman–Crippen MR) is 66.9 cm³/mol. The first-order valence-electron chi connectivity index (χ1n) is 5.04. The second kappa shape index (κ2) is 5.65. The Labute approximate surface area is 89.7 Å². The number of rotatable bonds is 7. The molecule has 0 heterocycles. The highest BCUT2D eigenvalue weighted by Crippen LogP contribution is 2.23. The average molecular weight is 230 g/mol. The minimum atomic E-state index is -1.94. The molecule has 0 aromatic heterocycles. The molecule has 2 unspecified atom stereocenters. The lowest BCUT2D eigenvalue weighted by Crippen LogP contribution is -2.61. The Morgan fingerprint density at radius 2 is 1.21 bits per heavy atom. The molecule has 0 rings (SSSR count). The van der Waals surface area contributed by atoms with Crippen molar-refractivity contribution in [2.75, 3.05) is 13.2 Å². The van der Waals surface area contributed by atoms with Gasteiger partial charge in [0, 0.05) is 13.2 Å². The van der Waals surface area contributed by atoms with Crippen LogP contribution in [0.15, 0.2) is 24.6 Å². The molecule has 0 fully saturated rings. The van der Waals surface area contributed by atoms with Crippen LogP contribution in [0.1, 0.15) is 13.8 Å². The van der Waals surface area contributed by atoms with Gasteiger partial charge in [-0.15, -0.1) is 13.2 Å². The van der Waals surface area contributed by atoms with E-state index in [0.717, 1.165) is 13.2 Å². The first-order chi connectivity index (χ1) is 6.49. The summed E-state index contributed by atoms with van der Waals surface area (Å²) in [6, 6.07) is 0. The average Bonchev–Trinajstić information content (AvgIpc) is 2.18. The van der Waals surface area contributed by atoms with E-state index in [2.05, 4.69) is 26.3 Å². The summed E-state index contributed by atoms with van der Waals surface area (Å²) < 4.78 is 11.7. The van der Waals surface area contributed by atoms with Gasteiger partial charge in [-0.3, -0.25) is 0 Å². The fraction of sp³-hybridized carbons (Fsp3) is 0.600. The smallest absolute Gasteiger partial charge is 0.235 e. The molecule has 0 aromatic rings. The maximum atomic E-state index is 5.87. The van der Waals surface area contributed by atoms with E-state index in [-0.39, 0.29) is 0 Å². The normalized spacial score (nSPS) is 19.4. The summed E-state index contributed by atoms with van der Waals surface area (Å²) in [5, 5.41) is 0. The minimum Gasteiger partial charge on any atom is -0.413 e. The van der Waals surface area contributed by atoms with Gasteiger partial charge in [-0.2, -0.15) is 0 Å². The van der Waals surface area contributed by atoms with Crippen molar-refractivity contribution in [3.63, 3.8) is 0 Å². The zero-order valence-corrected chi connectivity index (χ0v) is 11.8. The molecule has 0 N–H and O–H groups in total. The molecule has 0 saturated heterocycles. The molecule has 0 saturated carbocycles. The van der Waals surface area contributed by atoms with Gasteiger partial charge in [-0.25, -0.2) is 0 Å². The van der Waals surface area contributed by atoms with Crippen LogP contribution in [0.2, 0.25) is 13.1 Å². The van der Waals surface area contributed by atoms with Crippen molar-refractivity contribution in [3.05, 3.63) is 24.6 Å². The van der Waals surface area contributed by atoms with Gasteiger partial charge in [0.05, 0.1) is 0 Å². The van der Waals surface area contributed by atoms with Crippen LogP contribution in [0.3, 0.4) is 0 Å². The second-order valence-electron chi connectivity index (χ2n) is 3.49. The topological polar surface area (TPSA) is 18.5 Å². The molecule has 0 amide bonds. The van der Waals surface area contributed by atoms with Crippen molar-refractivity contribution in [3.8, 4) is 0 Å². The fourth-order valence-electron chi connectivity index (χ4n) is 1.41. The van der Waals surface area contributed by atoms with Crippen molar-refractivity contribution in [1.29, 1.82) is 0 Å². The summed E-state index contributed by atoms with van der Waals surface area (Å²) in [5.41, 5.74) is 3.94. The molecule has 0 bridgehead atoms. The number of hydrogen-bond donors (Lipinski definition) is 0. The van der Waals surface area contributed by atoms with Gasteiger partial charge in [0.1, 0.15) is 0 Å². The first kappa shape index (κ1) is 13.8. The van der Waals surface area contributed by atoms with E-state index >= 15 is 0 Å². The number of hydrogen-bond acceptors (Lipinski definition) is 2. The van der Waals surface area contributed by atoms with Crippen LogP contribution in [-0.2, 0) is 8.85 Å². The summed E-state index contributed by atoms with van der Waals surface area (Å²) in [7, 11) is -3.87. The zero-order valence-electron chi connectivity index (χ0n) is 9.80. The van der Waals surface area contributed by atoms with Gasteiger partial charge < -0.3 is 8.85 Å². The summed E-state index contributed by atoms with van der Waals surface area (Å²) in [6.45, 7) is 17.6. The van der Waals surface area contributed by atoms with Crippen LogP contribution < -0.4 is 0 Å². The van der Waals surface area contributed by atoms with Crippen LogP contribution in [0, 0.1) is 0 Å². The lowest BCUT2D eigenvalue weighted by molar-refractivity contribution is 0.311. The maximum absolute atomic E-state index is 5.87. The molecular formula is C10H22O2Si2. The van der Waals surface area contributed by atoms with Crippen LogP contribution in [-0.4, -0.2) is 28.9 Å². The van der Waals surface area contributed by atoms with E-state index in [9.17, 15) is 0 Å². The molecule has 0 aliphatic carbocycles. The highest BCUT2D eigenvalue weighted by Gasteiger charge is 2.48. The van der Waals surface area contributed by atoms with E-state index in [1.54, 1.807) is 0 Å². The van der Waals surface area contributed by atoms with Gasteiger partial charge in [0.25, 0.3) is 0 Å². The molecule has 14 heavy (non-hydrogen) atoms. The third kappa shape index (κ3) is 2.66. The molecule has 4 heteroatoms. The highest BCUT2D eigenvalue weighted by atomic mass is 29.3. The quantitative estimate of drug-likeness (QED) is 0.626. The van der Waals surface area contributed by atoms with E-state index in [1.807, 2.05) is 25.2 Å². The van der Waals surface area contributed by atoms with Gasteiger partial charge in [0.2, 0.25) is 15.7 Å². The molecule has 0 aliphatic heterocycles. The van der Waals surface area contributed by atoms with E-state index in [4.69, 9.17) is 8.85 Å². The molecule has 0 aliphatic rings. The molecular weight excluding hydrogens is 208 g/mol. The SMILES string of the molecule is C=C[Si](C)(OCC)[Si](C)(C=C)OCC. The van der Waals surface area contributed by atoms with Gasteiger partial charge >= 0.3 is 0 Å². The summed E-state index contributed by atoms with van der Waals surface area (Å²) in [4.78, 5) is 0. The van der Waals surface area contributed by atoms with Crippen LogP contribution in [0.5, 0.6) is 0 Å². The van der Waals surface area contributed by atoms with Crippen molar-refractivity contribution in [2.24, 2.45) is 0 Å². The lowest BCUT2D eigenvalue weighted by atomic mass is 10.9. The van der Waals surface area contributed by atoms with Gasteiger partial charge in [0.15, 0.2) is 0 Å². The van der Waals surface area contributed by atoms with Crippen molar-refractivity contribution in [1.82, 2.24) is 0 Å². The Morgan fingerprint density at radius 1 is 0.929 bits per heavy atom. The summed E-state index contributed by atoms with van der Waals surface area (Å²) in [5.74, 6) is 0. The molecule has 0 spiro atoms. The van der Waals surface area contributed by atoms with Gasteiger partial charge in [-0.05, 0) is 26.9 Å². The molecule has 82 valence electrons. The fourth-order valence-corrected chi connectivity index (χ4v) is 9.25. The monoisotopic (exact) mass is 230 g/mol. The molecule has 2 atom stereocenters. The van der Waals surface area contributed by atoms with Crippen LogP contribution in [0.4, 0.5) is 0 Å². The van der Waals surface area contributed by atoms with E-state index in [1.165, 1.54) is 0 Å². The Hall–Kier alpha value is -0.166. The minimum absolute atomic E-state index is 0.720. The van der Waals surface area contributed by atoms with E-state index in [0.29, 0.717) is 0 Å². The van der Waals surface area contributed by atoms with Crippen molar-refractivity contribution >= 4 is 15.7 Å². The predicted octanol–water partition coefficient (Wildman–Crippen LogP) is 2.74. The summed E-state index contributed by atoms with van der Waals surface area (Å²) >= 11 is 0. The highest BCUT2D eigenvalue weighted by molar-refractivity contribution is 7.40. The third-order valence-electron chi connectivity index (χ3n) is 2.65. The Morgan fingerprint density at radius 3 is 1.36 bits per heavy atom. The summed E-state index contributed by atoms with van der Waals surface area (Å²) in [6.07, 6.45) is 0. The van der Waals surface area contributed by atoms with Crippen LogP contribution >= 0.6 is 0 Å². The lowest BCUT2D eigenvalue weighted by Gasteiger charge is -2.37.